The van der Waals surface area contributed by atoms with Gasteiger partial charge in [0.2, 0.25) is 5.82 Å². The summed E-state index contributed by atoms with van der Waals surface area (Å²) < 4.78 is 83.4. The molecule has 2 heterocycles. The van der Waals surface area contributed by atoms with Crippen molar-refractivity contribution in [3.05, 3.63) is 47.7 Å². The maximum Gasteiger partial charge on any atom is 0.471 e. The van der Waals surface area contributed by atoms with Gasteiger partial charge in [0.1, 0.15) is 5.82 Å². The van der Waals surface area contributed by atoms with Crippen LogP contribution in [0.15, 0.2) is 40.0 Å². The molecule has 13 heteroatoms. The molecule has 0 amide bonds. The molecule has 0 spiro atoms. The van der Waals surface area contributed by atoms with E-state index in [9.17, 15) is 26.0 Å². The third kappa shape index (κ3) is 4.14. The fourth-order valence-corrected chi connectivity index (χ4v) is 3.07. The predicted octanol–water partition coefficient (Wildman–Crippen LogP) is 2.11. The molecule has 3 aromatic rings. The van der Waals surface area contributed by atoms with Crippen LogP contribution in [0.5, 0.6) is 0 Å². The molecule has 0 fully saturated rings. The second-order valence-electron chi connectivity index (χ2n) is 5.39. The van der Waals surface area contributed by atoms with Gasteiger partial charge in [-0.1, -0.05) is 11.2 Å². The van der Waals surface area contributed by atoms with E-state index in [4.69, 9.17) is 0 Å². The van der Waals surface area contributed by atoms with E-state index in [1.807, 2.05) is 0 Å². The SMILES string of the molecule is Cn1ccc(S(=O)(=O)NCc2ccc(-c3noc(C(F)(F)F)n3)c(F)c2)n1. The lowest BCUT2D eigenvalue weighted by Gasteiger charge is -2.06. The van der Waals surface area contributed by atoms with Crippen LogP contribution in [0.2, 0.25) is 0 Å². The first-order valence-electron chi connectivity index (χ1n) is 7.25. The van der Waals surface area contributed by atoms with Gasteiger partial charge in [-0.05, 0) is 23.8 Å². The van der Waals surface area contributed by atoms with Crippen molar-refractivity contribution in [2.24, 2.45) is 7.05 Å². The maximum atomic E-state index is 14.2. The third-order valence-electron chi connectivity index (χ3n) is 3.37. The van der Waals surface area contributed by atoms with E-state index in [2.05, 4.69) is 24.5 Å². The van der Waals surface area contributed by atoms with Gasteiger partial charge >= 0.3 is 12.1 Å². The van der Waals surface area contributed by atoms with Crippen molar-refractivity contribution >= 4 is 10.0 Å². The first kappa shape index (κ1) is 19.0. The van der Waals surface area contributed by atoms with Crippen LogP contribution >= 0.6 is 0 Å². The minimum absolute atomic E-state index is 0.200. The summed E-state index contributed by atoms with van der Waals surface area (Å²) in [6, 6.07) is 4.70. The molecule has 1 aromatic carbocycles. The van der Waals surface area contributed by atoms with Gasteiger partial charge in [-0.3, -0.25) is 4.68 Å². The molecule has 0 radical (unpaired) electrons. The monoisotopic (exact) mass is 405 g/mol. The highest BCUT2D eigenvalue weighted by molar-refractivity contribution is 7.89. The molecule has 8 nitrogen and oxygen atoms in total. The van der Waals surface area contributed by atoms with E-state index in [1.54, 1.807) is 7.05 Å². The van der Waals surface area contributed by atoms with Crippen LogP contribution in [-0.2, 0) is 29.8 Å². The van der Waals surface area contributed by atoms with E-state index >= 15 is 0 Å². The fourth-order valence-electron chi connectivity index (χ4n) is 2.09. The van der Waals surface area contributed by atoms with Crippen LogP contribution in [0, 0.1) is 5.82 Å². The lowest BCUT2D eigenvalue weighted by molar-refractivity contribution is -0.159. The van der Waals surface area contributed by atoms with Crippen molar-refractivity contribution < 1.29 is 30.5 Å². The predicted molar refractivity (Wildman–Crippen MR) is 81.9 cm³/mol. The lowest BCUT2D eigenvalue weighted by Crippen LogP contribution is -2.23. The van der Waals surface area contributed by atoms with Gasteiger partial charge in [0, 0.05) is 19.8 Å². The minimum Gasteiger partial charge on any atom is -0.329 e. The zero-order chi connectivity index (χ0) is 19.8. The number of benzene rings is 1. The zero-order valence-electron chi connectivity index (χ0n) is 13.5. The Labute approximate surface area is 149 Å². The number of hydrogen-bond acceptors (Lipinski definition) is 6. The summed E-state index contributed by atoms with van der Waals surface area (Å²) in [6.45, 7) is -0.254. The Hall–Kier alpha value is -2.80. The van der Waals surface area contributed by atoms with Crippen LogP contribution in [0.25, 0.3) is 11.4 Å². The summed E-state index contributed by atoms with van der Waals surface area (Å²) in [7, 11) is -2.34. The molecule has 27 heavy (non-hydrogen) atoms. The number of hydrogen-bond donors (Lipinski definition) is 1. The smallest absolute Gasteiger partial charge is 0.329 e. The molecule has 0 atom stereocenters. The molecule has 2 aromatic heterocycles. The van der Waals surface area contributed by atoms with Crippen molar-refractivity contribution in [1.29, 1.82) is 0 Å². The van der Waals surface area contributed by atoms with E-state index < -0.39 is 33.7 Å². The van der Waals surface area contributed by atoms with Gasteiger partial charge in [-0.2, -0.15) is 23.3 Å². The third-order valence-corrected chi connectivity index (χ3v) is 4.67. The highest BCUT2D eigenvalue weighted by Crippen LogP contribution is 2.30. The Morgan fingerprint density at radius 3 is 2.56 bits per heavy atom. The molecule has 0 bridgehead atoms. The van der Waals surface area contributed by atoms with Crippen LogP contribution in [0.4, 0.5) is 17.6 Å². The van der Waals surface area contributed by atoms with Gasteiger partial charge in [0.05, 0.1) is 5.56 Å². The molecule has 0 unspecified atom stereocenters. The molecule has 0 aliphatic carbocycles. The van der Waals surface area contributed by atoms with Crippen LogP contribution in [0.1, 0.15) is 11.5 Å². The number of aromatic nitrogens is 4. The average Bonchev–Trinajstić information content (AvgIpc) is 3.22. The second kappa shape index (κ2) is 6.74. The Bertz CT molecular complexity index is 1070. The average molecular weight is 405 g/mol. The van der Waals surface area contributed by atoms with Gasteiger partial charge in [-0.25, -0.2) is 17.5 Å². The number of aryl methyl sites for hydroxylation is 1. The lowest BCUT2D eigenvalue weighted by atomic mass is 10.1. The minimum atomic E-state index is -4.84. The number of rotatable bonds is 5. The molecule has 0 aliphatic heterocycles. The first-order chi connectivity index (χ1) is 12.6. The van der Waals surface area contributed by atoms with Crippen LogP contribution < -0.4 is 4.72 Å². The first-order valence-corrected chi connectivity index (χ1v) is 8.73. The topological polar surface area (TPSA) is 103 Å². The maximum absolute atomic E-state index is 14.2. The summed E-state index contributed by atoms with van der Waals surface area (Å²) in [5.41, 5.74) is -0.0825. The fraction of sp³-hybridized carbons (Fsp3) is 0.214. The Balaban J connectivity index is 1.76. The summed E-state index contributed by atoms with van der Waals surface area (Å²) >= 11 is 0. The van der Waals surface area contributed by atoms with Crippen molar-refractivity contribution in [1.82, 2.24) is 24.6 Å². The molecule has 0 aliphatic rings. The van der Waals surface area contributed by atoms with E-state index in [1.165, 1.54) is 23.0 Å². The Kier molecular flexibility index (Phi) is 4.73. The Morgan fingerprint density at radius 2 is 2.00 bits per heavy atom. The quantitative estimate of drug-likeness (QED) is 0.653. The molecular formula is C14H11F4N5O3S. The van der Waals surface area contributed by atoms with Crippen molar-refractivity contribution in [2.75, 3.05) is 0 Å². The summed E-state index contributed by atoms with van der Waals surface area (Å²) in [5.74, 6) is -3.09. The number of alkyl halides is 3. The molecule has 1 N–H and O–H groups in total. The molecule has 3 rings (SSSR count). The van der Waals surface area contributed by atoms with Crippen molar-refractivity contribution in [2.45, 2.75) is 17.7 Å². The normalized spacial score (nSPS) is 12.5. The van der Waals surface area contributed by atoms with E-state index in [0.717, 1.165) is 12.1 Å². The largest absolute Gasteiger partial charge is 0.471 e. The van der Waals surface area contributed by atoms with Gasteiger partial charge in [0.25, 0.3) is 10.0 Å². The van der Waals surface area contributed by atoms with Gasteiger partial charge in [-0.15, -0.1) is 0 Å². The highest BCUT2D eigenvalue weighted by atomic mass is 32.2. The summed E-state index contributed by atoms with van der Waals surface area (Å²) in [4.78, 5) is 3.10. The molecular weight excluding hydrogens is 394 g/mol. The van der Waals surface area contributed by atoms with E-state index in [-0.39, 0.29) is 22.7 Å². The van der Waals surface area contributed by atoms with Gasteiger partial charge < -0.3 is 4.52 Å². The molecule has 0 saturated carbocycles. The van der Waals surface area contributed by atoms with E-state index in [0.29, 0.717) is 0 Å². The zero-order valence-corrected chi connectivity index (χ0v) is 14.3. The number of nitrogens with zero attached hydrogens (tertiary/aromatic N) is 4. The number of nitrogens with one attached hydrogen (secondary N) is 1. The second-order valence-corrected chi connectivity index (χ2v) is 7.10. The molecule has 0 saturated heterocycles. The van der Waals surface area contributed by atoms with Crippen molar-refractivity contribution in [3.63, 3.8) is 0 Å². The molecule has 144 valence electrons. The number of halogens is 4. The standard InChI is InChI=1S/C14H11F4N5O3S/c1-23-5-4-11(21-23)27(24,25)19-7-8-2-3-9(10(15)6-8)12-20-13(26-22-12)14(16,17)18/h2-6,19H,7H2,1H3. The van der Waals surface area contributed by atoms with Crippen LogP contribution in [-0.4, -0.2) is 28.3 Å². The van der Waals surface area contributed by atoms with Crippen LogP contribution in [0.3, 0.4) is 0 Å². The summed E-state index contributed by atoms with van der Waals surface area (Å²) in [5, 5.41) is 6.66. The highest BCUT2D eigenvalue weighted by Gasteiger charge is 2.38. The Morgan fingerprint density at radius 1 is 1.26 bits per heavy atom. The van der Waals surface area contributed by atoms with Gasteiger partial charge in [0.15, 0.2) is 5.03 Å². The van der Waals surface area contributed by atoms with Crippen molar-refractivity contribution in [3.8, 4) is 11.4 Å². The number of sulfonamides is 1. The summed E-state index contributed by atoms with van der Waals surface area (Å²) in [6.07, 6.45) is -3.39.